The highest BCUT2D eigenvalue weighted by Crippen LogP contribution is 2.30. The van der Waals surface area contributed by atoms with Crippen molar-refractivity contribution in [1.29, 1.82) is 0 Å². The first-order valence-electron chi connectivity index (χ1n) is 6.99. The van der Waals surface area contributed by atoms with Gasteiger partial charge in [-0.3, -0.25) is 4.68 Å². The molecule has 0 atom stereocenters. The maximum absolute atomic E-state index is 5.97. The molecule has 21 heavy (non-hydrogen) atoms. The van der Waals surface area contributed by atoms with E-state index in [4.69, 9.17) is 4.74 Å². The van der Waals surface area contributed by atoms with E-state index in [0.717, 1.165) is 28.0 Å². The average molecular weight is 352 g/mol. The van der Waals surface area contributed by atoms with Crippen molar-refractivity contribution in [3.63, 3.8) is 0 Å². The molecule has 0 bridgehead atoms. The maximum atomic E-state index is 5.97. The van der Waals surface area contributed by atoms with Crippen LogP contribution in [0, 0.1) is 0 Å². The normalized spacial score (nSPS) is 11.7. The molecule has 0 radical (unpaired) electrons. The van der Waals surface area contributed by atoms with Gasteiger partial charge in [-0.05, 0) is 48.8 Å². The van der Waals surface area contributed by atoms with Gasteiger partial charge in [0.15, 0.2) is 0 Å². The first-order valence-corrected chi connectivity index (χ1v) is 7.78. The Morgan fingerprint density at radius 2 is 2.05 bits per heavy atom. The van der Waals surface area contributed by atoms with Crippen LogP contribution < -0.4 is 10.1 Å². The Bertz CT molecular complexity index is 602. The van der Waals surface area contributed by atoms with Crippen LogP contribution in [0.15, 0.2) is 34.9 Å². The number of hydrogen-bond donors (Lipinski definition) is 1. The summed E-state index contributed by atoms with van der Waals surface area (Å²) in [6, 6.07) is 8.06. The van der Waals surface area contributed by atoms with Gasteiger partial charge in [0, 0.05) is 30.9 Å². The van der Waals surface area contributed by atoms with Gasteiger partial charge in [-0.2, -0.15) is 5.10 Å². The van der Waals surface area contributed by atoms with Crippen LogP contribution in [0.5, 0.6) is 5.75 Å². The molecule has 0 amide bonds. The highest BCUT2D eigenvalue weighted by atomic mass is 79.9. The third kappa shape index (κ3) is 4.86. The number of aryl methyl sites for hydroxylation is 1. The molecule has 5 heteroatoms. The molecule has 0 aliphatic rings. The molecule has 0 saturated heterocycles. The van der Waals surface area contributed by atoms with Crippen LogP contribution in [0.25, 0.3) is 0 Å². The topological polar surface area (TPSA) is 39.1 Å². The fourth-order valence-electron chi connectivity index (χ4n) is 1.90. The Balaban J connectivity index is 2.10. The first-order chi connectivity index (χ1) is 9.85. The summed E-state index contributed by atoms with van der Waals surface area (Å²) >= 11 is 3.57. The number of para-hydroxylation sites is 1. The third-order valence-electron chi connectivity index (χ3n) is 2.99. The molecule has 4 nitrogen and oxygen atoms in total. The average Bonchev–Trinajstić information content (AvgIpc) is 2.80. The molecular formula is C16H22BrN3O. The highest BCUT2D eigenvalue weighted by molar-refractivity contribution is 9.10. The molecule has 0 fully saturated rings. The zero-order valence-corrected chi connectivity index (χ0v) is 14.6. The molecule has 0 aliphatic carbocycles. The summed E-state index contributed by atoms with van der Waals surface area (Å²) in [6.07, 6.45) is 1.92. The van der Waals surface area contributed by atoms with Crippen molar-refractivity contribution < 1.29 is 4.74 Å². The summed E-state index contributed by atoms with van der Waals surface area (Å²) in [4.78, 5) is 0. The van der Waals surface area contributed by atoms with Crippen LogP contribution in [-0.4, -0.2) is 15.3 Å². The maximum Gasteiger partial charge on any atom is 0.138 e. The van der Waals surface area contributed by atoms with Gasteiger partial charge in [0.25, 0.3) is 0 Å². The quantitative estimate of drug-likeness (QED) is 0.893. The van der Waals surface area contributed by atoms with Gasteiger partial charge >= 0.3 is 0 Å². The van der Waals surface area contributed by atoms with Gasteiger partial charge in [-0.15, -0.1) is 0 Å². The van der Waals surface area contributed by atoms with E-state index in [1.54, 1.807) is 4.68 Å². The van der Waals surface area contributed by atoms with Crippen LogP contribution in [0.4, 0.5) is 0 Å². The van der Waals surface area contributed by atoms with E-state index in [0.29, 0.717) is 6.61 Å². The van der Waals surface area contributed by atoms with Crippen molar-refractivity contribution in [3.8, 4) is 5.75 Å². The van der Waals surface area contributed by atoms with Crippen molar-refractivity contribution in [3.05, 3.63) is 46.2 Å². The van der Waals surface area contributed by atoms with E-state index in [9.17, 15) is 0 Å². The Morgan fingerprint density at radius 3 is 2.67 bits per heavy atom. The monoisotopic (exact) mass is 351 g/mol. The molecule has 1 aromatic carbocycles. The van der Waals surface area contributed by atoms with Crippen LogP contribution in [0.1, 0.15) is 32.0 Å². The Morgan fingerprint density at radius 1 is 1.29 bits per heavy atom. The van der Waals surface area contributed by atoms with Gasteiger partial charge in [0.05, 0.1) is 10.2 Å². The highest BCUT2D eigenvalue weighted by Gasteiger charge is 2.13. The standard InChI is InChI=1S/C16H22BrN3O/c1-16(2,3)18-10-12-6-5-7-14(17)15(12)21-11-13-8-9-20(4)19-13/h5-9,18H,10-11H2,1-4H3. The summed E-state index contributed by atoms with van der Waals surface area (Å²) in [5, 5.41) is 7.82. The van der Waals surface area contributed by atoms with E-state index in [2.05, 4.69) is 53.2 Å². The van der Waals surface area contributed by atoms with E-state index in [1.807, 2.05) is 31.4 Å². The molecule has 0 saturated carbocycles. The molecule has 0 unspecified atom stereocenters. The predicted octanol–water partition coefficient (Wildman–Crippen LogP) is 3.65. The molecule has 0 aliphatic heterocycles. The van der Waals surface area contributed by atoms with E-state index < -0.39 is 0 Å². The van der Waals surface area contributed by atoms with Gasteiger partial charge < -0.3 is 10.1 Å². The SMILES string of the molecule is Cn1ccc(COc2c(Br)cccc2CNC(C)(C)C)n1. The minimum atomic E-state index is 0.0700. The fraction of sp³-hybridized carbons (Fsp3) is 0.438. The molecule has 0 spiro atoms. The summed E-state index contributed by atoms with van der Waals surface area (Å²) in [5.41, 5.74) is 2.12. The lowest BCUT2D eigenvalue weighted by molar-refractivity contribution is 0.292. The minimum absolute atomic E-state index is 0.0700. The molecule has 1 aromatic heterocycles. The molecule has 114 valence electrons. The molecule has 1 N–H and O–H groups in total. The summed E-state index contributed by atoms with van der Waals surface area (Å²) in [6.45, 7) is 7.69. The number of hydrogen-bond acceptors (Lipinski definition) is 3. The van der Waals surface area contributed by atoms with Gasteiger partial charge in [-0.1, -0.05) is 12.1 Å². The van der Waals surface area contributed by atoms with Crippen molar-refractivity contribution in [2.45, 2.75) is 39.5 Å². The molecule has 1 heterocycles. The van der Waals surface area contributed by atoms with E-state index >= 15 is 0 Å². The number of benzene rings is 1. The van der Waals surface area contributed by atoms with E-state index in [-0.39, 0.29) is 5.54 Å². The second kappa shape index (κ2) is 6.62. The number of nitrogens with one attached hydrogen (secondary N) is 1. The number of rotatable bonds is 5. The van der Waals surface area contributed by atoms with E-state index in [1.165, 1.54) is 0 Å². The molecular weight excluding hydrogens is 330 g/mol. The zero-order chi connectivity index (χ0) is 15.5. The van der Waals surface area contributed by atoms with Gasteiger partial charge in [-0.25, -0.2) is 0 Å². The second-order valence-electron chi connectivity index (χ2n) is 6.10. The van der Waals surface area contributed by atoms with Crippen LogP contribution >= 0.6 is 15.9 Å². The number of ether oxygens (including phenoxy) is 1. The van der Waals surface area contributed by atoms with Gasteiger partial charge in [0.1, 0.15) is 12.4 Å². The van der Waals surface area contributed by atoms with Gasteiger partial charge in [0.2, 0.25) is 0 Å². The van der Waals surface area contributed by atoms with Crippen LogP contribution in [-0.2, 0) is 20.2 Å². The predicted molar refractivity (Wildman–Crippen MR) is 88.3 cm³/mol. The Labute approximate surface area is 134 Å². The van der Waals surface area contributed by atoms with Crippen molar-refractivity contribution >= 4 is 15.9 Å². The Kier molecular flexibility index (Phi) is 5.06. The zero-order valence-electron chi connectivity index (χ0n) is 13.0. The molecule has 2 aromatic rings. The largest absolute Gasteiger partial charge is 0.486 e. The van der Waals surface area contributed by atoms with Crippen LogP contribution in [0.3, 0.4) is 0 Å². The fourth-order valence-corrected chi connectivity index (χ4v) is 2.42. The van der Waals surface area contributed by atoms with Crippen LogP contribution in [0.2, 0.25) is 0 Å². The molecule has 2 rings (SSSR count). The smallest absolute Gasteiger partial charge is 0.138 e. The second-order valence-corrected chi connectivity index (χ2v) is 6.96. The lowest BCUT2D eigenvalue weighted by Crippen LogP contribution is -2.35. The third-order valence-corrected chi connectivity index (χ3v) is 3.62. The summed E-state index contributed by atoms with van der Waals surface area (Å²) in [5.74, 6) is 0.875. The van der Waals surface area contributed by atoms with Crippen molar-refractivity contribution in [2.24, 2.45) is 7.05 Å². The van der Waals surface area contributed by atoms with Crippen molar-refractivity contribution in [2.75, 3.05) is 0 Å². The Hall–Kier alpha value is -1.33. The van der Waals surface area contributed by atoms with Crippen molar-refractivity contribution in [1.82, 2.24) is 15.1 Å². The number of aromatic nitrogens is 2. The first kappa shape index (κ1) is 16.0. The lowest BCUT2D eigenvalue weighted by Gasteiger charge is -2.22. The minimum Gasteiger partial charge on any atom is -0.486 e. The number of halogens is 1. The summed E-state index contributed by atoms with van der Waals surface area (Å²) in [7, 11) is 1.90. The lowest BCUT2D eigenvalue weighted by atomic mass is 10.1. The number of nitrogens with zero attached hydrogens (tertiary/aromatic N) is 2. The summed E-state index contributed by atoms with van der Waals surface area (Å²) < 4.78 is 8.71.